The number of nitriles is 1. The Kier molecular flexibility index (Phi) is 4.27. The zero-order valence-electron chi connectivity index (χ0n) is 12.0. The van der Waals surface area contributed by atoms with E-state index in [-0.39, 0.29) is 35.4 Å². The van der Waals surface area contributed by atoms with Crippen LogP contribution in [0.5, 0.6) is 11.5 Å². The van der Waals surface area contributed by atoms with Gasteiger partial charge in [-0.1, -0.05) is 0 Å². The second-order valence-corrected chi connectivity index (χ2v) is 4.82. The second kappa shape index (κ2) is 6.13. The smallest absolute Gasteiger partial charge is 0.280 e. The minimum Gasteiger partial charge on any atom is -0.454 e. The minimum absolute atomic E-state index is 0.0292. The molecule has 0 saturated heterocycles. The van der Waals surface area contributed by atoms with Gasteiger partial charge >= 0.3 is 0 Å². The lowest BCUT2D eigenvalue weighted by atomic mass is 10.1. The maximum absolute atomic E-state index is 11.9. The predicted octanol–water partition coefficient (Wildman–Crippen LogP) is 1.76. The first-order valence-electron chi connectivity index (χ1n) is 6.43. The van der Waals surface area contributed by atoms with Crippen LogP contribution in [-0.4, -0.2) is 23.7 Å². The fraction of sp³-hybridized carbons (Fsp3) is 0.286. The van der Waals surface area contributed by atoms with Crippen molar-refractivity contribution in [2.24, 2.45) is 0 Å². The fourth-order valence-corrected chi connectivity index (χ4v) is 1.86. The molecular weight excluding hydrogens is 290 g/mol. The van der Waals surface area contributed by atoms with Crippen molar-refractivity contribution < 1.29 is 19.2 Å². The number of ether oxygens (including phenoxy) is 2. The van der Waals surface area contributed by atoms with Gasteiger partial charge < -0.3 is 14.8 Å². The summed E-state index contributed by atoms with van der Waals surface area (Å²) >= 11 is 0. The Morgan fingerprint density at radius 2 is 2.09 bits per heavy atom. The van der Waals surface area contributed by atoms with E-state index in [0.29, 0.717) is 5.75 Å². The van der Waals surface area contributed by atoms with Gasteiger partial charge in [-0.2, -0.15) is 5.26 Å². The first kappa shape index (κ1) is 15.3. The zero-order valence-corrected chi connectivity index (χ0v) is 12.0. The van der Waals surface area contributed by atoms with Crippen molar-refractivity contribution in [2.45, 2.75) is 19.9 Å². The summed E-state index contributed by atoms with van der Waals surface area (Å²) in [5.74, 6) is -0.00291. The Morgan fingerprint density at radius 1 is 1.45 bits per heavy atom. The van der Waals surface area contributed by atoms with E-state index in [0.717, 1.165) is 6.08 Å². The lowest BCUT2D eigenvalue weighted by molar-refractivity contribution is -0.385. The van der Waals surface area contributed by atoms with Crippen molar-refractivity contribution in [1.29, 1.82) is 5.26 Å². The van der Waals surface area contributed by atoms with Gasteiger partial charge in [0, 0.05) is 6.04 Å². The van der Waals surface area contributed by atoms with Gasteiger partial charge in [0.15, 0.2) is 11.5 Å². The summed E-state index contributed by atoms with van der Waals surface area (Å²) in [4.78, 5) is 22.4. The Bertz CT molecular complexity index is 703. The number of rotatable bonds is 4. The van der Waals surface area contributed by atoms with Gasteiger partial charge in [-0.3, -0.25) is 14.9 Å². The number of nitrogens with one attached hydrogen (secondary N) is 1. The number of hydrogen-bond donors (Lipinski definition) is 1. The molecule has 0 fully saturated rings. The highest BCUT2D eigenvalue weighted by Crippen LogP contribution is 2.38. The summed E-state index contributed by atoms with van der Waals surface area (Å²) < 4.78 is 10.2. The number of nitrogens with zero attached hydrogens (tertiary/aromatic N) is 2. The predicted molar refractivity (Wildman–Crippen MR) is 76.1 cm³/mol. The Labute approximate surface area is 126 Å². The van der Waals surface area contributed by atoms with Crippen molar-refractivity contribution in [3.05, 3.63) is 33.4 Å². The Hall–Kier alpha value is -3.08. The lowest BCUT2D eigenvalue weighted by Gasteiger charge is -2.07. The lowest BCUT2D eigenvalue weighted by Crippen LogP contribution is -2.30. The highest BCUT2D eigenvalue weighted by atomic mass is 16.7. The molecule has 0 aromatic heterocycles. The molecule has 1 heterocycles. The molecule has 1 N–H and O–H groups in total. The van der Waals surface area contributed by atoms with E-state index in [4.69, 9.17) is 14.7 Å². The van der Waals surface area contributed by atoms with E-state index >= 15 is 0 Å². The van der Waals surface area contributed by atoms with Crippen molar-refractivity contribution >= 4 is 17.7 Å². The number of nitro benzene ring substituents is 1. The highest BCUT2D eigenvalue weighted by Gasteiger charge is 2.23. The molecule has 0 bridgehead atoms. The molecule has 1 aromatic rings. The van der Waals surface area contributed by atoms with Crippen molar-refractivity contribution in [2.75, 3.05) is 6.79 Å². The first-order valence-corrected chi connectivity index (χ1v) is 6.43. The van der Waals surface area contributed by atoms with Crippen LogP contribution in [0.3, 0.4) is 0 Å². The van der Waals surface area contributed by atoms with Gasteiger partial charge in [-0.05, 0) is 26.0 Å². The van der Waals surface area contributed by atoms with Crippen LogP contribution in [0.2, 0.25) is 0 Å². The molecule has 22 heavy (non-hydrogen) atoms. The molecule has 0 spiro atoms. The maximum Gasteiger partial charge on any atom is 0.280 e. The van der Waals surface area contributed by atoms with E-state index in [1.165, 1.54) is 12.1 Å². The normalized spacial score (nSPS) is 12.9. The van der Waals surface area contributed by atoms with Gasteiger partial charge in [0.05, 0.1) is 16.6 Å². The topological polar surface area (TPSA) is 114 Å². The van der Waals surface area contributed by atoms with Crippen LogP contribution in [-0.2, 0) is 4.79 Å². The molecule has 1 aliphatic rings. The van der Waals surface area contributed by atoms with Crippen LogP contribution in [0.4, 0.5) is 5.69 Å². The van der Waals surface area contributed by atoms with Crippen LogP contribution in [0.25, 0.3) is 6.08 Å². The number of benzene rings is 1. The third-order valence-corrected chi connectivity index (χ3v) is 2.80. The Morgan fingerprint density at radius 3 is 2.64 bits per heavy atom. The SMILES string of the molecule is CC(C)NC(=O)/C(C#N)=C\c1cc2c(cc1[N+](=O)[O-])OCO2. The van der Waals surface area contributed by atoms with Gasteiger partial charge in [-0.25, -0.2) is 0 Å². The number of carbonyl (C=O) groups is 1. The molecule has 0 atom stereocenters. The summed E-state index contributed by atoms with van der Waals surface area (Å²) in [7, 11) is 0. The highest BCUT2D eigenvalue weighted by molar-refractivity contribution is 6.02. The van der Waals surface area contributed by atoms with E-state index in [1.807, 2.05) is 0 Å². The van der Waals surface area contributed by atoms with E-state index in [9.17, 15) is 14.9 Å². The third-order valence-electron chi connectivity index (χ3n) is 2.80. The molecule has 0 aliphatic carbocycles. The Balaban J connectivity index is 2.46. The molecule has 0 saturated carbocycles. The number of amides is 1. The van der Waals surface area contributed by atoms with Crippen LogP contribution < -0.4 is 14.8 Å². The molecule has 1 amide bonds. The number of hydrogen-bond acceptors (Lipinski definition) is 6. The van der Waals surface area contributed by atoms with Gasteiger partial charge in [0.1, 0.15) is 11.6 Å². The molecule has 2 rings (SSSR count). The third kappa shape index (κ3) is 3.15. The maximum atomic E-state index is 11.9. The molecule has 0 radical (unpaired) electrons. The standard InChI is InChI=1S/C14H13N3O5/c1-8(2)16-14(18)10(6-15)3-9-4-12-13(22-7-21-12)5-11(9)17(19)20/h3-5,8H,7H2,1-2H3,(H,16,18)/b10-3-. The quantitative estimate of drug-likeness (QED) is 0.392. The van der Waals surface area contributed by atoms with Gasteiger partial charge in [-0.15, -0.1) is 0 Å². The summed E-state index contributed by atoms with van der Waals surface area (Å²) in [6, 6.07) is 4.17. The summed E-state index contributed by atoms with van der Waals surface area (Å²) in [6.45, 7) is 3.46. The van der Waals surface area contributed by atoms with E-state index < -0.39 is 10.8 Å². The fourth-order valence-electron chi connectivity index (χ4n) is 1.86. The summed E-state index contributed by atoms with van der Waals surface area (Å²) in [5.41, 5.74) is -0.394. The number of nitro groups is 1. The summed E-state index contributed by atoms with van der Waals surface area (Å²) in [6.07, 6.45) is 1.16. The van der Waals surface area contributed by atoms with E-state index in [1.54, 1.807) is 19.9 Å². The molecular formula is C14H13N3O5. The van der Waals surface area contributed by atoms with Crippen molar-refractivity contribution in [3.8, 4) is 17.6 Å². The second-order valence-electron chi connectivity index (χ2n) is 4.82. The molecule has 1 aromatic carbocycles. The van der Waals surface area contributed by atoms with Crippen LogP contribution in [0, 0.1) is 21.4 Å². The molecule has 8 nitrogen and oxygen atoms in total. The average molecular weight is 303 g/mol. The minimum atomic E-state index is -0.608. The number of fused-ring (bicyclic) bond motifs is 1. The van der Waals surface area contributed by atoms with Crippen LogP contribution in [0.1, 0.15) is 19.4 Å². The molecule has 1 aliphatic heterocycles. The zero-order chi connectivity index (χ0) is 16.3. The molecule has 8 heteroatoms. The van der Waals surface area contributed by atoms with E-state index in [2.05, 4.69) is 5.32 Å². The van der Waals surface area contributed by atoms with Gasteiger partial charge in [0.2, 0.25) is 6.79 Å². The summed E-state index contributed by atoms with van der Waals surface area (Å²) in [5, 5.41) is 22.8. The average Bonchev–Trinajstić information content (AvgIpc) is 2.89. The molecule has 114 valence electrons. The number of carbonyl (C=O) groups excluding carboxylic acids is 1. The van der Waals surface area contributed by atoms with Crippen LogP contribution >= 0.6 is 0 Å². The largest absolute Gasteiger partial charge is 0.454 e. The molecule has 0 unspecified atom stereocenters. The van der Waals surface area contributed by atoms with Crippen molar-refractivity contribution in [1.82, 2.24) is 5.32 Å². The first-order chi connectivity index (χ1) is 10.4. The van der Waals surface area contributed by atoms with Crippen molar-refractivity contribution in [3.63, 3.8) is 0 Å². The monoisotopic (exact) mass is 303 g/mol. The van der Waals surface area contributed by atoms with Crippen LogP contribution in [0.15, 0.2) is 17.7 Å². The van der Waals surface area contributed by atoms with Gasteiger partial charge in [0.25, 0.3) is 11.6 Å².